The lowest BCUT2D eigenvalue weighted by molar-refractivity contribution is -0.711. The van der Waals surface area contributed by atoms with E-state index in [9.17, 15) is 4.79 Å². The van der Waals surface area contributed by atoms with E-state index in [-0.39, 0.29) is 16.8 Å². The van der Waals surface area contributed by atoms with Crippen molar-refractivity contribution >= 4 is 29.0 Å². The van der Waals surface area contributed by atoms with E-state index in [1.807, 2.05) is 47.3 Å². The Labute approximate surface area is 132 Å². The van der Waals surface area contributed by atoms with Crippen molar-refractivity contribution in [3.63, 3.8) is 0 Å². The monoisotopic (exact) mass is 309 g/mol. The summed E-state index contributed by atoms with van der Waals surface area (Å²) in [6, 6.07) is 8.74. The molecule has 1 amide bonds. The minimum Gasteiger partial charge on any atom is -0.310 e. The minimum absolute atomic E-state index is 0.193. The van der Waals surface area contributed by atoms with Gasteiger partial charge < -0.3 is 5.32 Å². The van der Waals surface area contributed by atoms with Crippen molar-refractivity contribution in [2.75, 3.05) is 0 Å². The van der Waals surface area contributed by atoms with Crippen molar-refractivity contribution in [1.82, 2.24) is 10.3 Å². The highest BCUT2D eigenvalue weighted by Gasteiger charge is 2.45. The first-order chi connectivity index (χ1) is 10.7. The zero-order valence-corrected chi connectivity index (χ0v) is 12.4. The number of aromatic nitrogens is 2. The minimum atomic E-state index is -0.525. The summed E-state index contributed by atoms with van der Waals surface area (Å²) in [5.74, 6) is 1.84. The van der Waals surface area contributed by atoms with Crippen LogP contribution in [0.2, 0.25) is 0 Å². The molecule has 0 aliphatic carbocycles. The normalized spacial score (nSPS) is 21.2. The van der Waals surface area contributed by atoms with Crippen LogP contribution in [0.5, 0.6) is 0 Å². The maximum Gasteiger partial charge on any atom is 0.295 e. The van der Waals surface area contributed by atoms with Crippen LogP contribution >= 0.6 is 12.2 Å². The molecule has 6 heteroatoms. The second kappa shape index (κ2) is 5.97. The summed E-state index contributed by atoms with van der Waals surface area (Å²) in [6.07, 6.45) is 6.99. The summed E-state index contributed by atoms with van der Waals surface area (Å²) >= 11 is 5.21. The van der Waals surface area contributed by atoms with E-state index in [2.05, 4.69) is 16.2 Å². The van der Waals surface area contributed by atoms with Crippen molar-refractivity contribution in [1.29, 1.82) is 5.41 Å². The van der Waals surface area contributed by atoms with E-state index in [0.29, 0.717) is 5.57 Å². The Bertz CT molecular complexity index is 769. The fraction of sp³-hybridized carbons (Fsp3) is 0.125. The molecule has 1 saturated heterocycles. The lowest BCUT2D eigenvalue weighted by Gasteiger charge is -2.28. The highest BCUT2D eigenvalue weighted by atomic mass is 32.1. The molecule has 2 aromatic heterocycles. The van der Waals surface area contributed by atoms with Gasteiger partial charge in [0.1, 0.15) is 4.99 Å². The lowest BCUT2D eigenvalue weighted by Crippen LogP contribution is -2.56. The fourth-order valence-corrected chi connectivity index (χ4v) is 2.94. The standard InChI is InChI=1S/C16H12N4OS/c17-10-12-13(11-4-6-18-7-5-11)14(15(21)19-16(12)22)20-8-2-1-3-9-20/h1-9,13-14,17H/p+1/t13-,14+/m0/s1. The lowest BCUT2D eigenvalue weighted by atomic mass is 9.82. The van der Waals surface area contributed by atoms with Crippen LogP contribution in [0.1, 0.15) is 17.5 Å². The number of nitrogens with zero attached hydrogens (tertiary/aromatic N) is 2. The van der Waals surface area contributed by atoms with E-state index in [0.717, 1.165) is 5.56 Å². The van der Waals surface area contributed by atoms with Gasteiger partial charge in [-0.05, 0) is 23.6 Å². The largest absolute Gasteiger partial charge is 0.310 e. The zero-order valence-electron chi connectivity index (χ0n) is 11.6. The molecule has 0 spiro atoms. The first-order valence-corrected chi connectivity index (χ1v) is 7.13. The third-order valence-electron chi connectivity index (χ3n) is 3.64. The van der Waals surface area contributed by atoms with Gasteiger partial charge in [0, 0.05) is 24.5 Å². The molecule has 0 aromatic carbocycles. The molecule has 0 radical (unpaired) electrons. The molecule has 2 atom stereocenters. The Morgan fingerprint density at radius 1 is 1.23 bits per heavy atom. The second-order valence-corrected chi connectivity index (χ2v) is 5.29. The van der Waals surface area contributed by atoms with Crippen molar-refractivity contribution in [2.24, 2.45) is 0 Å². The molecule has 1 fully saturated rings. The summed E-state index contributed by atoms with van der Waals surface area (Å²) in [7, 11) is 0. The molecule has 3 heterocycles. The smallest absolute Gasteiger partial charge is 0.295 e. The first-order valence-electron chi connectivity index (χ1n) is 6.73. The summed E-state index contributed by atoms with van der Waals surface area (Å²) in [6.45, 7) is 0. The molecule has 3 rings (SSSR count). The Morgan fingerprint density at radius 2 is 1.91 bits per heavy atom. The average Bonchev–Trinajstić information content (AvgIpc) is 2.56. The predicted molar refractivity (Wildman–Crippen MR) is 84.6 cm³/mol. The molecule has 0 unspecified atom stereocenters. The van der Waals surface area contributed by atoms with Gasteiger partial charge >= 0.3 is 0 Å². The van der Waals surface area contributed by atoms with Crippen LogP contribution in [-0.4, -0.2) is 21.7 Å². The second-order valence-electron chi connectivity index (χ2n) is 4.88. The maximum atomic E-state index is 12.5. The zero-order chi connectivity index (χ0) is 15.5. The van der Waals surface area contributed by atoms with Gasteiger partial charge in [0.15, 0.2) is 12.4 Å². The maximum absolute atomic E-state index is 12.5. The van der Waals surface area contributed by atoms with Crippen LogP contribution in [0.4, 0.5) is 0 Å². The van der Waals surface area contributed by atoms with E-state index < -0.39 is 6.04 Å². The van der Waals surface area contributed by atoms with Crippen molar-refractivity contribution in [3.05, 3.63) is 66.3 Å². The molecule has 1 aliphatic rings. The van der Waals surface area contributed by atoms with Crippen LogP contribution in [-0.2, 0) is 4.79 Å². The number of carbonyl (C=O) groups is 1. The molecule has 2 aromatic rings. The number of piperidine rings is 1. The summed E-state index contributed by atoms with van der Waals surface area (Å²) < 4.78 is 1.82. The van der Waals surface area contributed by atoms with Gasteiger partial charge in [0.05, 0.1) is 11.5 Å². The summed E-state index contributed by atoms with van der Waals surface area (Å²) in [5.41, 5.74) is 1.38. The van der Waals surface area contributed by atoms with Gasteiger partial charge in [0.2, 0.25) is 6.04 Å². The van der Waals surface area contributed by atoms with Crippen LogP contribution in [0.3, 0.4) is 0 Å². The molecule has 2 N–H and O–H groups in total. The number of thiocarbonyl (C=S) groups is 1. The van der Waals surface area contributed by atoms with Crippen LogP contribution in [0, 0.1) is 5.41 Å². The number of pyridine rings is 2. The van der Waals surface area contributed by atoms with Crippen LogP contribution < -0.4 is 9.88 Å². The van der Waals surface area contributed by atoms with E-state index in [1.54, 1.807) is 12.4 Å². The number of carbonyl (C=O) groups excluding carboxylic acids is 1. The Hall–Kier alpha value is -2.69. The highest BCUT2D eigenvalue weighted by molar-refractivity contribution is 7.80. The predicted octanol–water partition coefficient (Wildman–Crippen LogP) is 1.33. The van der Waals surface area contributed by atoms with Gasteiger partial charge in [-0.2, -0.15) is 4.57 Å². The molecule has 0 saturated carbocycles. The number of amides is 1. The van der Waals surface area contributed by atoms with Crippen molar-refractivity contribution in [2.45, 2.75) is 12.0 Å². The molecular formula is C16H13N4OS+. The molecule has 108 valence electrons. The third-order valence-corrected chi connectivity index (χ3v) is 3.96. The molecule has 5 nitrogen and oxygen atoms in total. The fourth-order valence-electron chi connectivity index (χ4n) is 2.66. The Balaban J connectivity index is 2.18. The molecule has 0 bridgehead atoms. The van der Waals surface area contributed by atoms with Gasteiger partial charge in [-0.3, -0.25) is 15.2 Å². The van der Waals surface area contributed by atoms with Crippen LogP contribution in [0.25, 0.3) is 0 Å². The van der Waals surface area contributed by atoms with Gasteiger partial charge in [-0.25, -0.2) is 0 Å². The van der Waals surface area contributed by atoms with Crippen molar-refractivity contribution in [3.8, 4) is 0 Å². The van der Waals surface area contributed by atoms with E-state index >= 15 is 0 Å². The molecular weight excluding hydrogens is 296 g/mol. The van der Waals surface area contributed by atoms with E-state index in [4.69, 9.17) is 17.6 Å². The molecule has 1 aliphatic heterocycles. The SMILES string of the molecule is N=C=C1C(=S)NC(=O)[C@H]([n+]2ccccc2)[C@H]1c1ccncc1. The van der Waals surface area contributed by atoms with Gasteiger partial charge in [-0.15, -0.1) is 0 Å². The summed E-state index contributed by atoms with van der Waals surface area (Å²) in [4.78, 5) is 16.8. The Kier molecular flexibility index (Phi) is 3.87. The number of nitrogens with one attached hydrogen (secondary N) is 2. The third kappa shape index (κ3) is 2.45. The van der Waals surface area contributed by atoms with E-state index in [1.165, 1.54) is 0 Å². The summed E-state index contributed by atoms with van der Waals surface area (Å²) in [5, 5.41) is 10.2. The molecule has 22 heavy (non-hydrogen) atoms. The van der Waals surface area contributed by atoms with Crippen molar-refractivity contribution < 1.29 is 9.36 Å². The Morgan fingerprint density at radius 3 is 2.55 bits per heavy atom. The first kappa shape index (κ1) is 14.3. The number of hydrogen-bond donors (Lipinski definition) is 2. The number of rotatable bonds is 2. The topological polar surface area (TPSA) is 69.7 Å². The highest BCUT2D eigenvalue weighted by Crippen LogP contribution is 2.34. The van der Waals surface area contributed by atoms with Crippen LogP contribution in [0.15, 0.2) is 60.7 Å². The van der Waals surface area contributed by atoms with Gasteiger partial charge in [-0.1, -0.05) is 18.3 Å². The average molecular weight is 309 g/mol. The number of hydrogen-bond acceptors (Lipinski definition) is 4. The quantitative estimate of drug-likeness (QED) is 0.380. The van der Waals surface area contributed by atoms with Gasteiger partial charge in [0.25, 0.3) is 5.91 Å².